The molecule has 2 rings (SSSR count). The van der Waals surface area contributed by atoms with Crippen molar-refractivity contribution in [1.82, 2.24) is 9.62 Å². The minimum Gasteiger partial charge on any atom is -0.314 e. The lowest BCUT2D eigenvalue weighted by Gasteiger charge is -2.27. The largest absolute Gasteiger partial charge is 0.314 e. The zero-order valence-electron chi connectivity index (χ0n) is 11.4. The van der Waals surface area contributed by atoms with Gasteiger partial charge in [-0.15, -0.1) is 0 Å². The van der Waals surface area contributed by atoms with E-state index in [0.29, 0.717) is 37.3 Å². The number of nitrogens with one attached hydrogen (secondary N) is 1. The Bertz CT molecular complexity index is 636. The van der Waals surface area contributed by atoms with Crippen LogP contribution in [0.4, 0.5) is 5.69 Å². The van der Waals surface area contributed by atoms with Gasteiger partial charge in [-0.2, -0.15) is 4.31 Å². The van der Waals surface area contributed by atoms with Crippen LogP contribution in [0.3, 0.4) is 0 Å². The van der Waals surface area contributed by atoms with Gasteiger partial charge in [-0.1, -0.05) is 12.1 Å². The van der Waals surface area contributed by atoms with Crippen molar-refractivity contribution in [2.45, 2.75) is 18.7 Å². The first-order valence-corrected chi connectivity index (χ1v) is 7.75. The first kappa shape index (κ1) is 14.9. The van der Waals surface area contributed by atoms with E-state index in [9.17, 15) is 18.5 Å². The molecule has 1 aliphatic rings. The monoisotopic (exact) mass is 299 g/mol. The molecular formula is C12H17N3O4S. The van der Waals surface area contributed by atoms with Gasteiger partial charge in [0.25, 0.3) is 5.69 Å². The summed E-state index contributed by atoms with van der Waals surface area (Å²) in [5.41, 5.74) is 0.443. The Hall–Kier alpha value is -1.51. The van der Waals surface area contributed by atoms with Crippen molar-refractivity contribution in [3.8, 4) is 0 Å². The predicted octanol–water partition coefficient (Wildman–Crippen LogP) is 0.806. The minimum absolute atomic E-state index is 0.176. The van der Waals surface area contributed by atoms with E-state index >= 15 is 0 Å². The third kappa shape index (κ3) is 2.54. The molecule has 1 fully saturated rings. The summed E-state index contributed by atoms with van der Waals surface area (Å²) in [6, 6.07) is 3.18. The van der Waals surface area contributed by atoms with Gasteiger partial charge in [0, 0.05) is 31.7 Å². The first-order chi connectivity index (χ1) is 9.35. The number of aryl methyl sites for hydroxylation is 2. The number of sulfonamides is 1. The Kier molecular flexibility index (Phi) is 4.07. The van der Waals surface area contributed by atoms with E-state index in [1.165, 1.54) is 4.31 Å². The lowest BCUT2D eigenvalue weighted by molar-refractivity contribution is -0.388. The standard InChI is InChI=1S/C12H17N3O4S/c1-9-3-4-10(2)12(11(9)15(16)17)20(18,19)14-7-5-13-6-8-14/h3-4,13H,5-8H2,1-2H3. The fourth-order valence-corrected chi connectivity index (χ4v) is 4.21. The van der Waals surface area contributed by atoms with Crippen LogP contribution in [-0.2, 0) is 10.0 Å². The molecule has 0 aliphatic carbocycles. The van der Waals surface area contributed by atoms with Crippen LogP contribution < -0.4 is 5.32 Å². The molecule has 1 aromatic rings. The van der Waals surface area contributed by atoms with E-state index in [0.717, 1.165) is 0 Å². The fourth-order valence-electron chi connectivity index (χ4n) is 2.34. The van der Waals surface area contributed by atoms with E-state index in [1.807, 2.05) is 0 Å². The highest BCUT2D eigenvalue weighted by molar-refractivity contribution is 7.89. The normalized spacial score (nSPS) is 17.1. The lowest BCUT2D eigenvalue weighted by Crippen LogP contribution is -2.46. The van der Waals surface area contributed by atoms with Gasteiger partial charge in [0.1, 0.15) is 0 Å². The highest BCUT2D eigenvalue weighted by atomic mass is 32.2. The molecule has 0 aromatic heterocycles. The van der Waals surface area contributed by atoms with Crippen LogP contribution in [0.15, 0.2) is 17.0 Å². The molecular weight excluding hydrogens is 282 g/mol. The van der Waals surface area contributed by atoms with E-state index < -0.39 is 14.9 Å². The second-order valence-electron chi connectivity index (χ2n) is 4.79. The van der Waals surface area contributed by atoms with Crippen LogP contribution in [0, 0.1) is 24.0 Å². The quantitative estimate of drug-likeness (QED) is 0.658. The molecule has 0 saturated carbocycles. The van der Waals surface area contributed by atoms with Crippen molar-refractivity contribution >= 4 is 15.7 Å². The molecule has 1 N–H and O–H groups in total. The van der Waals surface area contributed by atoms with Crippen LogP contribution in [0.1, 0.15) is 11.1 Å². The summed E-state index contributed by atoms with van der Waals surface area (Å²) in [5.74, 6) is 0. The Morgan fingerprint density at radius 3 is 2.30 bits per heavy atom. The number of nitrogens with zero attached hydrogens (tertiary/aromatic N) is 2. The van der Waals surface area contributed by atoms with Gasteiger partial charge in [0.15, 0.2) is 4.90 Å². The van der Waals surface area contributed by atoms with Crippen molar-refractivity contribution in [1.29, 1.82) is 0 Å². The number of rotatable bonds is 3. The van der Waals surface area contributed by atoms with E-state index in [4.69, 9.17) is 0 Å². The van der Waals surface area contributed by atoms with E-state index in [2.05, 4.69) is 5.32 Å². The van der Waals surface area contributed by atoms with Crippen LogP contribution in [-0.4, -0.2) is 43.8 Å². The summed E-state index contributed by atoms with van der Waals surface area (Å²) in [5, 5.41) is 14.3. The lowest BCUT2D eigenvalue weighted by atomic mass is 10.1. The van der Waals surface area contributed by atoms with Gasteiger partial charge in [-0.05, 0) is 19.4 Å². The number of nitro groups is 1. The predicted molar refractivity (Wildman–Crippen MR) is 74.2 cm³/mol. The average Bonchev–Trinajstić information content (AvgIpc) is 2.41. The molecule has 0 unspecified atom stereocenters. The van der Waals surface area contributed by atoms with Crippen molar-refractivity contribution in [2.75, 3.05) is 26.2 Å². The summed E-state index contributed by atoms with van der Waals surface area (Å²) in [6.45, 7) is 4.89. The molecule has 20 heavy (non-hydrogen) atoms. The van der Waals surface area contributed by atoms with Gasteiger partial charge in [-0.3, -0.25) is 10.1 Å². The summed E-state index contributed by atoms with van der Waals surface area (Å²) in [4.78, 5) is 10.4. The van der Waals surface area contributed by atoms with Crippen LogP contribution in [0.2, 0.25) is 0 Å². The van der Waals surface area contributed by atoms with Crippen molar-refractivity contribution in [2.24, 2.45) is 0 Å². The third-order valence-corrected chi connectivity index (χ3v) is 5.46. The molecule has 110 valence electrons. The summed E-state index contributed by atoms with van der Waals surface area (Å²) < 4.78 is 26.7. The Labute approximate surface area is 117 Å². The van der Waals surface area contributed by atoms with Crippen LogP contribution >= 0.6 is 0 Å². The maximum Gasteiger partial charge on any atom is 0.292 e. The molecule has 7 nitrogen and oxygen atoms in total. The summed E-state index contributed by atoms with van der Waals surface area (Å²) in [7, 11) is -3.84. The highest BCUT2D eigenvalue weighted by Gasteiger charge is 2.35. The van der Waals surface area contributed by atoms with Crippen LogP contribution in [0.25, 0.3) is 0 Å². The highest BCUT2D eigenvalue weighted by Crippen LogP contribution is 2.32. The zero-order chi connectivity index (χ0) is 14.9. The molecule has 1 heterocycles. The molecule has 0 atom stereocenters. The van der Waals surface area contributed by atoms with Crippen molar-refractivity contribution in [3.63, 3.8) is 0 Å². The molecule has 8 heteroatoms. The molecule has 0 spiro atoms. The molecule has 1 aromatic carbocycles. The maximum atomic E-state index is 12.7. The Balaban J connectivity index is 2.61. The van der Waals surface area contributed by atoms with Crippen molar-refractivity contribution in [3.05, 3.63) is 33.4 Å². The second-order valence-corrected chi connectivity index (χ2v) is 6.66. The first-order valence-electron chi connectivity index (χ1n) is 6.31. The van der Waals surface area contributed by atoms with Gasteiger partial charge in [0.05, 0.1) is 4.92 Å². The smallest absolute Gasteiger partial charge is 0.292 e. The maximum absolute atomic E-state index is 12.7. The van der Waals surface area contributed by atoms with E-state index in [-0.39, 0.29) is 10.6 Å². The third-order valence-electron chi connectivity index (χ3n) is 3.39. The second kappa shape index (κ2) is 5.47. The van der Waals surface area contributed by atoms with E-state index in [1.54, 1.807) is 26.0 Å². The summed E-state index contributed by atoms with van der Waals surface area (Å²) >= 11 is 0. The minimum atomic E-state index is -3.84. The number of nitro benzene ring substituents is 1. The summed E-state index contributed by atoms with van der Waals surface area (Å²) in [6.07, 6.45) is 0. The Morgan fingerprint density at radius 1 is 1.20 bits per heavy atom. The zero-order valence-corrected chi connectivity index (χ0v) is 12.2. The molecule has 1 saturated heterocycles. The average molecular weight is 299 g/mol. The molecule has 0 amide bonds. The van der Waals surface area contributed by atoms with Gasteiger partial charge >= 0.3 is 0 Å². The topological polar surface area (TPSA) is 92.6 Å². The molecule has 0 radical (unpaired) electrons. The van der Waals surface area contributed by atoms with Gasteiger partial charge in [-0.25, -0.2) is 8.42 Å². The molecule has 1 aliphatic heterocycles. The van der Waals surface area contributed by atoms with Gasteiger partial charge < -0.3 is 5.32 Å². The SMILES string of the molecule is Cc1ccc(C)c(S(=O)(=O)N2CCNCC2)c1[N+](=O)[O-]. The Morgan fingerprint density at radius 2 is 1.75 bits per heavy atom. The number of hydrogen-bond acceptors (Lipinski definition) is 5. The molecule has 0 bridgehead atoms. The fraction of sp³-hybridized carbons (Fsp3) is 0.500. The van der Waals surface area contributed by atoms with Crippen LogP contribution in [0.5, 0.6) is 0 Å². The van der Waals surface area contributed by atoms with Crippen molar-refractivity contribution < 1.29 is 13.3 Å². The van der Waals surface area contributed by atoms with Gasteiger partial charge in [0.2, 0.25) is 10.0 Å². The number of piperazine rings is 1. The number of hydrogen-bond donors (Lipinski definition) is 1. The number of benzene rings is 1.